The van der Waals surface area contributed by atoms with Crippen molar-refractivity contribution < 1.29 is 0 Å². The fraction of sp³-hybridized carbons (Fsp3) is 1.00. The third kappa shape index (κ3) is 9.99. The van der Waals surface area contributed by atoms with Gasteiger partial charge in [0.25, 0.3) is 0 Å². The van der Waals surface area contributed by atoms with E-state index in [1.165, 1.54) is 103 Å². The minimum atomic E-state index is 0.385. The van der Waals surface area contributed by atoms with E-state index in [-0.39, 0.29) is 0 Å². The van der Waals surface area contributed by atoms with Crippen LogP contribution in [0.3, 0.4) is 0 Å². The van der Waals surface area contributed by atoms with Crippen LogP contribution in [0.2, 0.25) is 0 Å². The average molecular weight is 646 g/mol. The van der Waals surface area contributed by atoms with E-state index in [0.717, 1.165) is 54.5 Å². The Bertz CT molecular complexity index is 828. The normalized spacial score (nSPS) is 36.3. The topological polar surface area (TPSA) is 50.1 Å². The SMILES string of the molecule is CC.CCCCCCNNC1CCC2(C)C(C1)CC(C)C1C2CCC2(C)C(C(C)CCC(C)(C)C(C)(C)C)CCC12.CCCCN. The Labute approximate surface area is 290 Å². The minimum Gasteiger partial charge on any atom is -0.330 e. The zero-order chi connectivity index (χ0) is 34.8. The van der Waals surface area contributed by atoms with Crippen LogP contribution in [0, 0.1) is 63.1 Å². The molecule has 4 rings (SSSR count). The van der Waals surface area contributed by atoms with Gasteiger partial charge in [0.2, 0.25) is 0 Å². The van der Waals surface area contributed by atoms with Gasteiger partial charge in [0.15, 0.2) is 0 Å². The molecule has 10 unspecified atom stereocenters. The average Bonchev–Trinajstić information content (AvgIpc) is 3.36. The lowest BCUT2D eigenvalue weighted by Gasteiger charge is -2.63. The molecule has 46 heavy (non-hydrogen) atoms. The predicted molar refractivity (Wildman–Crippen MR) is 206 cm³/mol. The molecule has 0 aromatic rings. The van der Waals surface area contributed by atoms with Gasteiger partial charge in [-0.1, -0.05) is 116 Å². The summed E-state index contributed by atoms with van der Waals surface area (Å²) in [5.74, 6) is 6.58. The van der Waals surface area contributed by atoms with E-state index in [9.17, 15) is 0 Å². The van der Waals surface area contributed by atoms with E-state index in [0.29, 0.717) is 27.7 Å². The Kier molecular flexibility index (Phi) is 17.1. The Hall–Kier alpha value is -0.120. The smallest absolute Gasteiger partial charge is 0.0216 e. The van der Waals surface area contributed by atoms with Crippen molar-refractivity contribution in [2.24, 2.45) is 68.8 Å². The lowest BCUT2D eigenvalue weighted by Crippen LogP contribution is -2.58. The molecule has 3 nitrogen and oxygen atoms in total. The summed E-state index contributed by atoms with van der Waals surface area (Å²) in [6.45, 7) is 33.6. The van der Waals surface area contributed by atoms with Crippen LogP contribution < -0.4 is 16.6 Å². The molecule has 274 valence electrons. The molecule has 4 aliphatic carbocycles. The summed E-state index contributed by atoms with van der Waals surface area (Å²) < 4.78 is 0. The maximum absolute atomic E-state index is 5.14. The zero-order valence-electron chi connectivity index (χ0n) is 33.9. The summed E-state index contributed by atoms with van der Waals surface area (Å²) in [7, 11) is 0. The highest BCUT2D eigenvalue weighted by molar-refractivity contribution is 5.11. The van der Waals surface area contributed by atoms with E-state index >= 15 is 0 Å². The van der Waals surface area contributed by atoms with Crippen LogP contribution in [0.15, 0.2) is 0 Å². The van der Waals surface area contributed by atoms with E-state index in [1.807, 2.05) is 13.8 Å². The van der Waals surface area contributed by atoms with Crippen LogP contribution >= 0.6 is 0 Å². The zero-order valence-corrected chi connectivity index (χ0v) is 33.9. The molecule has 4 saturated carbocycles. The highest BCUT2D eigenvalue weighted by Crippen LogP contribution is 2.69. The van der Waals surface area contributed by atoms with Crippen LogP contribution in [-0.2, 0) is 0 Å². The molecule has 4 fully saturated rings. The molecule has 0 aliphatic heterocycles. The Morgan fingerprint density at radius 2 is 1.43 bits per heavy atom. The summed E-state index contributed by atoms with van der Waals surface area (Å²) in [6, 6.07) is 0.681. The predicted octanol–water partition coefficient (Wildman–Crippen LogP) is 12.2. The van der Waals surface area contributed by atoms with Gasteiger partial charge in [0.05, 0.1) is 0 Å². The molecule has 4 aliphatic rings. The van der Waals surface area contributed by atoms with Crippen LogP contribution in [0.4, 0.5) is 0 Å². The van der Waals surface area contributed by atoms with Crippen molar-refractivity contribution in [2.75, 3.05) is 13.1 Å². The first-order valence-corrected chi connectivity index (χ1v) is 20.8. The molecule has 0 bridgehead atoms. The summed E-state index contributed by atoms with van der Waals surface area (Å²) in [5.41, 5.74) is 14.5. The highest BCUT2D eigenvalue weighted by Gasteiger charge is 2.62. The Balaban J connectivity index is 0.000000959. The van der Waals surface area contributed by atoms with Crippen LogP contribution in [0.1, 0.15) is 193 Å². The van der Waals surface area contributed by atoms with Gasteiger partial charge in [-0.2, -0.15) is 0 Å². The molecule has 0 saturated heterocycles. The van der Waals surface area contributed by atoms with Gasteiger partial charge in [0.1, 0.15) is 0 Å². The van der Waals surface area contributed by atoms with Crippen LogP contribution in [0.25, 0.3) is 0 Å². The number of nitrogens with one attached hydrogen (secondary N) is 2. The summed E-state index contributed by atoms with van der Waals surface area (Å²) in [5, 5.41) is 0. The van der Waals surface area contributed by atoms with Crippen molar-refractivity contribution in [1.29, 1.82) is 0 Å². The fourth-order valence-electron chi connectivity index (χ4n) is 11.0. The second-order valence-electron chi connectivity index (χ2n) is 18.8. The number of nitrogens with two attached hydrogens (primary N) is 1. The molecule has 10 atom stereocenters. The highest BCUT2D eigenvalue weighted by atomic mass is 15.4. The van der Waals surface area contributed by atoms with Crippen molar-refractivity contribution in [1.82, 2.24) is 10.9 Å². The number of rotatable bonds is 13. The molecule has 0 aromatic heterocycles. The van der Waals surface area contributed by atoms with Crippen molar-refractivity contribution in [3.05, 3.63) is 0 Å². The Morgan fingerprint density at radius 1 is 0.804 bits per heavy atom. The molecular formula is C43H87N3. The van der Waals surface area contributed by atoms with Gasteiger partial charge in [-0.25, -0.2) is 0 Å². The van der Waals surface area contributed by atoms with Gasteiger partial charge in [-0.05, 0) is 147 Å². The number of unbranched alkanes of at least 4 members (excludes halogenated alkanes) is 4. The van der Waals surface area contributed by atoms with Gasteiger partial charge in [-0.15, -0.1) is 0 Å². The first kappa shape index (κ1) is 42.0. The quantitative estimate of drug-likeness (QED) is 0.138. The van der Waals surface area contributed by atoms with E-state index in [4.69, 9.17) is 5.73 Å². The van der Waals surface area contributed by atoms with E-state index in [1.54, 1.807) is 0 Å². The van der Waals surface area contributed by atoms with Gasteiger partial charge in [-0.3, -0.25) is 10.9 Å². The molecule has 0 radical (unpaired) electrons. The van der Waals surface area contributed by atoms with Gasteiger partial charge < -0.3 is 5.73 Å². The van der Waals surface area contributed by atoms with Crippen molar-refractivity contribution in [2.45, 2.75) is 199 Å². The Morgan fingerprint density at radius 3 is 2.02 bits per heavy atom. The number of hydrogen-bond donors (Lipinski definition) is 3. The summed E-state index contributed by atoms with van der Waals surface area (Å²) >= 11 is 0. The molecular weight excluding hydrogens is 558 g/mol. The van der Waals surface area contributed by atoms with Crippen LogP contribution in [-0.4, -0.2) is 19.1 Å². The number of fused-ring (bicyclic) bond motifs is 5. The molecule has 0 heterocycles. The van der Waals surface area contributed by atoms with Crippen molar-refractivity contribution >= 4 is 0 Å². The maximum Gasteiger partial charge on any atom is 0.0216 e. The summed E-state index contributed by atoms with van der Waals surface area (Å²) in [6.07, 6.45) is 22.3. The third-order valence-corrected chi connectivity index (χ3v) is 15.1. The second-order valence-corrected chi connectivity index (χ2v) is 18.8. The standard InChI is InChI=1S/C37H70N2.C4H11N.C2H6/c1-11-12-13-14-23-38-39-29-18-21-36(9)28(25-29)24-27(3)33-31-16-15-30(37(31,10)22-19-32(33)36)26(2)17-20-35(7,8)34(4,5)6;1-2-3-4-5;1-2/h26-33,38-39H,11-25H2,1-10H3;2-5H2,1H3;1-2H3. The van der Waals surface area contributed by atoms with Crippen molar-refractivity contribution in [3.63, 3.8) is 0 Å². The lowest BCUT2D eigenvalue weighted by atomic mass is 9.42. The summed E-state index contributed by atoms with van der Waals surface area (Å²) in [4.78, 5) is 0. The molecule has 0 aromatic carbocycles. The minimum absolute atomic E-state index is 0.385. The molecule has 0 spiro atoms. The lowest BCUT2D eigenvalue weighted by molar-refractivity contribution is -0.141. The molecule has 3 heteroatoms. The molecule has 0 amide bonds. The third-order valence-electron chi connectivity index (χ3n) is 15.1. The van der Waals surface area contributed by atoms with E-state index < -0.39 is 0 Å². The van der Waals surface area contributed by atoms with Crippen LogP contribution in [0.5, 0.6) is 0 Å². The maximum atomic E-state index is 5.14. The largest absolute Gasteiger partial charge is 0.330 e. The first-order valence-electron chi connectivity index (χ1n) is 20.8. The van der Waals surface area contributed by atoms with Gasteiger partial charge >= 0.3 is 0 Å². The second kappa shape index (κ2) is 18.8. The number of hydrazine groups is 1. The first-order chi connectivity index (χ1) is 21.7. The van der Waals surface area contributed by atoms with E-state index in [2.05, 4.69) is 87.0 Å². The fourth-order valence-corrected chi connectivity index (χ4v) is 11.0. The number of hydrogen-bond acceptors (Lipinski definition) is 3. The monoisotopic (exact) mass is 646 g/mol. The van der Waals surface area contributed by atoms with Crippen molar-refractivity contribution in [3.8, 4) is 0 Å². The molecule has 4 N–H and O–H groups in total. The van der Waals surface area contributed by atoms with Gasteiger partial charge in [0, 0.05) is 12.6 Å².